The Kier molecular flexibility index (Phi) is 3.68. The van der Waals surface area contributed by atoms with E-state index in [0.29, 0.717) is 28.8 Å². The minimum Gasteiger partial charge on any atom is -0.316 e. The van der Waals surface area contributed by atoms with Crippen molar-refractivity contribution in [2.24, 2.45) is 11.3 Å². The first-order valence-corrected chi connectivity index (χ1v) is 8.53. The molecule has 1 atom stereocenters. The predicted octanol–water partition coefficient (Wildman–Crippen LogP) is 2.71. The Morgan fingerprint density at radius 2 is 2.17 bits per heavy atom. The lowest BCUT2D eigenvalue weighted by Crippen LogP contribution is -2.47. The van der Waals surface area contributed by atoms with Gasteiger partial charge in [0.25, 0.3) is 5.56 Å². The molecule has 4 nitrogen and oxygen atoms in total. The van der Waals surface area contributed by atoms with Gasteiger partial charge in [0.1, 0.15) is 5.82 Å². The van der Waals surface area contributed by atoms with Crippen LogP contribution in [0.15, 0.2) is 29.3 Å². The van der Waals surface area contributed by atoms with Crippen LogP contribution in [0.25, 0.3) is 10.9 Å². The van der Waals surface area contributed by atoms with Gasteiger partial charge in [0, 0.05) is 13.1 Å². The number of hydrogen-bond donors (Lipinski definition) is 1. The van der Waals surface area contributed by atoms with Crippen LogP contribution in [0.4, 0.5) is 4.39 Å². The van der Waals surface area contributed by atoms with E-state index in [2.05, 4.69) is 10.3 Å². The Bertz CT molecular complexity index is 779. The molecule has 1 aromatic carbocycles. The number of benzene rings is 1. The number of halogens is 1. The van der Waals surface area contributed by atoms with E-state index in [1.165, 1.54) is 37.8 Å². The highest BCUT2D eigenvalue weighted by molar-refractivity contribution is 5.77. The van der Waals surface area contributed by atoms with Gasteiger partial charge in [0.2, 0.25) is 0 Å². The molecular formula is C18H22FN3O. The van der Waals surface area contributed by atoms with E-state index in [-0.39, 0.29) is 11.4 Å². The Morgan fingerprint density at radius 1 is 1.35 bits per heavy atom. The van der Waals surface area contributed by atoms with E-state index in [1.807, 2.05) is 0 Å². The van der Waals surface area contributed by atoms with Crippen LogP contribution >= 0.6 is 0 Å². The van der Waals surface area contributed by atoms with Crippen molar-refractivity contribution < 1.29 is 4.39 Å². The third-order valence-corrected chi connectivity index (χ3v) is 5.82. The summed E-state index contributed by atoms with van der Waals surface area (Å²) in [7, 11) is 0. The summed E-state index contributed by atoms with van der Waals surface area (Å²) in [5, 5.41) is 3.91. The van der Waals surface area contributed by atoms with Gasteiger partial charge in [-0.25, -0.2) is 9.37 Å². The van der Waals surface area contributed by atoms with E-state index in [9.17, 15) is 9.18 Å². The van der Waals surface area contributed by atoms with Gasteiger partial charge >= 0.3 is 0 Å². The number of nitrogens with one attached hydrogen (secondary N) is 1. The van der Waals surface area contributed by atoms with Crippen molar-refractivity contribution >= 4 is 10.9 Å². The summed E-state index contributed by atoms with van der Waals surface area (Å²) in [5.74, 6) is 0.111. The molecule has 1 aromatic heterocycles. The molecule has 0 radical (unpaired) electrons. The van der Waals surface area contributed by atoms with Gasteiger partial charge in [0.15, 0.2) is 0 Å². The highest BCUT2D eigenvalue weighted by atomic mass is 19.1. The maximum atomic E-state index is 13.5. The molecule has 1 saturated carbocycles. The molecule has 122 valence electrons. The fourth-order valence-corrected chi connectivity index (χ4v) is 4.51. The average Bonchev–Trinajstić information content (AvgIpc) is 3.02. The molecule has 1 saturated heterocycles. The fourth-order valence-electron chi connectivity index (χ4n) is 4.51. The maximum absolute atomic E-state index is 13.5. The van der Waals surface area contributed by atoms with Crippen molar-refractivity contribution in [3.8, 4) is 0 Å². The van der Waals surface area contributed by atoms with Crippen LogP contribution in [0.1, 0.15) is 32.1 Å². The first-order valence-electron chi connectivity index (χ1n) is 8.53. The zero-order valence-electron chi connectivity index (χ0n) is 13.2. The van der Waals surface area contributed by atoms with Crippen molar-refractivity contribution in [3.63, 3.8) is 0 Å². The molecule has 2 aliphatic rings. The summed E-state index contributed by atoms with van der Waals surface area (Å²) in [4.78, 5) is 17.0. The Hall–Kier alpha value is -1.75. The van der Waals surface area contributed by atoms with Crippen LogP contribution in [0.2, 0.25) is 0 Å². The van der Waals surface area contributed by atoms with Gasteiger partial charge in [0.05, 0.1) is 17.2 Å². The molecule has 0 amide bonds. The molecular weight excluding hydrogens is 293 g/mol. The van der Waals surface area contributed by atoms with Crippen LogP contribution in [-0.2, 0) is 6.54 Å². The lowest BCUT2D eigenvalue weighted by molar-refractivity contribution is 0.101. The predicted molar refractivity (Wildman–Crippen MR) is 87.8 cm³/mol. The Balaban J connectivity index is 1.69. The summed E-state index contributed by atoms with van der Waals surface area (Å²) in [5.41, 5.74) is 0.768. The topological polar surface area (TPSA) is 46.9 Å². The van der Waals surface area contributed by atoms with Crippen molar-refractivity contribution in [1.29, 1.82) is 0 Å². The van der Waals surface area contributed by atoms with E-state index in [1.54, 1.807) is 17.0 Å². The first-order chi connectivity index (χ1) is 11.2. The second kappa shape index (κ2) is 5.71. The Morgan fingerprint density at radius 3 is 3.00 bits per heavy atom. The van der Waals surface area contributed by atoms with Gasteiger partial charge in [-0.3, -0.25) is 9.36 Å². The van der Waals surface area contributed by atoms with Crippen molar-refractivity contribution in [2.45, 2.75) is 38.6 Å². The quantitative estimate of drug-likeness (QED) is 0.927. The summed E-state index contributed by atoms with van der Waals surface area (Å²) >= 11 is 0. The third kappa shape index (κ3) is 2.57. The van der Waals surface area contributed by atoms with Crippen molar-refractivity contribution in [2.75, 3.05) is 13.1 Å². The lowest BCUT2D eigenvalue weighted by Gasteiger charge is -2.42. The van der Waals surface area contributed by atoms with E-state index < -0.39 is 0 Å². The molecule has 1 aliphatic heterocycles. The standard InChI is InChI=1S/C18H22FN3O/c19-14-3-4-16-15(9-14)17(23)22(12-21-16)10-13-5-8-20-11-18(13)6-1-2-7-18/h3-4,9,12-13,20H,1-2,5-8,10-11H2/t13-/m0/s1. The van der Waals surface area contributed by atoms with Crippen LogP contribution in [0.5, 0.6) is 0 Å². The SMILES string of the molecule is O=c1c2cc(F)ccc2ncn1C[C@@H]1CCNCC12CCCC2. The number of nitrogens with zero attached hydrogens (tertiary/aromatic N) is 2. The zero-order valence-corrected chi connectivity index (χ0v) is 13.2. The molecule has 5 heteroatoms. The number of piperidine rings is 1. The van der Waals surface area contributed by atoms with Crippen LogP contribution in [0.3, 0.4) is 0 Å². The fraction of sp³-hybridized carbons (Fsp3) is 0.556. The smallest absolute Gasteiger partial charge is 0.261 e. The molecule has 23 heavy (non-hydrogen) atoms. The Labute approximate surface area is 134 Å². The molecule has 4 rings (SSSR count). The summed E-state index contributed by atoms with van der Waals surface area (Å²) in [6.07, 6.45) is 7.79. The number of aromatic nitrogens is 2. The number of hydrogen-bond acceptors (Lipinski definition) is 3. The molecule has 1 spiro atoms. The average molecular weight is 315 g/mol. The van der Waals surface area contributed by atoms with E-state index in [4.69, 9.17) is 0 Å². The molecule has 2 aromatic rings. The molecule has 0 bridgehead atoms. The van der Waals surface area contributed by atoms with Gasteiger partial charge in [-0.15, -0.1) is 0 Å². The molecule has 1 N–H and O–H groups in total. The zero-order chi connectivity index (χ0) is 15.9. The van der Waals surface area contributed by atoms with Gasteiger partial charge in [-0.2, -0.15) is 0 Å². The van der Waals surface area contributed by atoms with E-state index >= 15 is 0 Å². The van der Waals surface area contributed by atoms with E-state index in [0.717, 1.165) is 19.5 Å². The van der Waals surface area contributed by atoms with Crippen LogP contribution in [0, 0.1) is 17.2 Å². The van der Waals surface area contributed by atoms with Gasteiger partial charge in [-0.1, -0.05) is 12.8 Å². The first kappa shape index (κ1) is 14.8. The highest BCUT2D eigenvalue weighted by Crippen LogP contribution is 2.47. The normalized spacial score (nSPS) is 23.6. The molecule has 2 heterocycles. The lowest BCUT2D eigenvalue weighted by atomic mass is 9.70. The largest absolute Gasteiger partial charge is 0.316 e. The van der Waals surface area contributed by atoms with Crippen LogP contribution < -0.4 is 10.9 Å². The van der Waals surface area contributed by atoms with Crippen LogP contribution in [-0.4, -0.2) is 22.6 Å². The second-order valence-corrected chi connectivity index (χ2v) is 7.10. The molecule has 2 fully saturated rings. The molecule has 1 aliphatic carbocycles. The minimum atomic E-state index is -0.386. The minimum absolute atomic E-state index is 0.124. The number of rotatable bonds is 2. The second-order valence-electron chi connectivity index (χ2n) is 7.10. The maximum Gasteiger partial charge on any atom is 0.261 e. The third-order valence-electron chi connectivity index (χ3n) is 5.82. The highest BCUT2D eigenvalue weighted by Gasteiger charge is 2.42. The summed E-state index contributed by atoms with van der Waals surface area (Å²) in [6.45, 7) is 2.76. The molecule has 0 unspecified atom stereocenters. The van der Waals surface area contributed by atoms with Gasteiger partial charge in [-0.05, 0) is 55.3 Å². The summed E-state index contributed by atoms with van der Waals surface area (Å²) in [6, 6.07) is 4.22. The van der Waals surface area contributed by atoms with Crippen molar-refractivity contribution in [3.05, 3.63) is 40.7 Å². The number of fused-ring (bicyclic) bond motifs is 1. The van der Waals surface area contributed by atoms with Gasteiger partial charge < -0.3 is 5.32 Å². The monoisotopic (exact) mass is 315 g/mol. The van der Waals surface area contributed by atoms with Crippen molar-refractivity contribution in [1.82, 2.24) is 14.9 Å². The summed E-state index contributed by atoms with van der Waals surface area (Å²) < 4.78 is 15.2.